The summed E-state index contributed by atoms with van der Waals surface area (Å²) in [7, 11) is 1.43. The summed E-state index contributed by atoms with van der Waals surface area (Å²) in [5.41, 5.74) is 1.72. The van der Waals surface area contributed by atoms with E-state index in [9.17, 15) is 20.4 Å². The van der Waals surface area contributed by atoms with Crippen LogP contribution in [0.5, 0.6) is 11.5 Å². The monoisotopic (exact) mass is 481 g/mol. The number of aromatic nitrogens is 1. The second-order valence-corrected chi connectivity index (χ2v) is 8.08. The van der Waals surface area contributed by atoms with Crippen LogP contribution in [0.4, 0.5) is 0 Å². The molecule has 0 aliphatic carbocycles. The molecule has 3 rings (SSSR count). The molecule has 150 valence electrons. The van der Waals surface area contributed by atoms with Crippen LogP contribution >= 0.6 is 27.3 Å². The van der Waals surface area contributed by atoms with Crippen LogP contribution in [0, 0.1) is 22.7 Å². The number of para-hydroxylation sites is 1. The van der Waals surface area contributed by atoms with Crippen LogP contribution < -0.4 is 19.5 Å². The van der Waals surface area contributed by atoms with Gasteiger partial charge < -0.3 is 9.84 Å². The first-order chi connectivity index (χ1) is 14.4. The molecule has 0 aliphatic heterocycles. The molecule has 0 spiro atoms. The Hall–Kier alpha value is -3.33. The standard InChI is InChI=1S/C22H16BrN3O3S/c1-3-14-6-4-5-7-17(14)26-21(28)19(30-22(26)15(11-24)12-25)10-13-8-16(23)20(27)18(9-13)29-2/h4-10,27H,3H2,1-2H3/b19-10+. The van der Waals surface area contributed by atoms with Gasteiger partial charge in [-0.15, -0.1) is 11.3 Å². The van der Waals surface area contributed by atoms with Crippen molar-refractivity contribution in [1.29, 1.82) is 10.5 Å². The zero-order valence-corrected chi connectivity index (χ0v) is 18.5. The fourth-order valence-corrected chi connectivity index (χ4v) is 4.51. The van der Waals surface area contributed by atoms with Crippen molar-refractivity contribution in [3.63, 3.8) is 0 Å². The maximum Gasteiger partial charge on any atom is 0.273 e. The Labute approximate surface area is 185 Å². The van der Waals surface area contributed by atoms with Crippen LogP contribution in [0.3, 0.4) is 0 Å². The van der Waals surface area contributed by atoms with E-state index in [0.717, 1.165) is 16.9 Å². The lowest BCUT2D eigenvalue weighted by Crippen LogP contribution is -2.31. The number of hydrogen-bond acceptors (Lipinski definition) is 6. The van der Waals surface area contributed by atoms with E-state index in [0.29, 0.717) is 26.7 Å². The van der Waals surface area contributed by atoms with Gasteiger partial charge >= 0.3 is 0 Å². The second-order valence-electron chi connectivity index (χ2n) is 6.19. The van der Waals surface area contributed by atoms with E-state index in [1.165, 1.54) is 11.7 Å². The van der Waals surface area contributed by atoms with Gasteiger partial charge in [0.1, 0.15) is 16.8 Å². The first kappa shape index (κ1) is 21.4. The van der Waals surface area contributed by atoms with Crippen molar-refractivity contribution in [2.75, 3.05) is 7.11 Å². The molecule has 1 heterocycles. The minimum atomic E-state index is -0.331. The Morgan fingerprint density at radius 2 is 2.00 bits per heavy atom. The smallest absolute Gasteiger partial charge is 0.273 e. The summed E-state index contributed by atoms with van der Waals surface area (Å²) in [5.74, 6) is 0.214. The van der Waals surface area contributed by atoms with Crippen molar-refractivity contribution in [2.45, 2.75) is 13.3 Å². The van der Waals surface area contributed by atoms with E-state index < -0.39 is 0 Å². The molecule has 1 N–H and O–H groups in total. The fraction of sp³-hybridized carbons (Fsp3) is 0.136. The van der Waals surface area contributed by atoms with Gasteiger partial charge in [-0.3, -0.25) is 9.36 Å². The number of halogens is 1. The van der Waals surface area contributed by atoms with E-state index in [1.807, 2.05) is 37.3 Å². The number of methoxy groups -OCH3 is 1. The predicted molar refractivity (Wildman–Crippen MR) is 119 cm³/mol. The molecule has 6 nitrogen and oxygen atoms in total. The molecule has 0 saturated heterocycles. The van der Waals surface area contributed by atoms with Gasteiger partial charge in [-0.2, -0.15) is 10.5 Å². The second kappa shape index (κ2) is 9.00. The summed E-state index contributed by atoms with van der Waals surface area (Å²) in [6.07, 6.45) is 2.33. The zero-order chi connectivity index (χ0) is 21.8. The first-order valence-corrected chi connectivity index (χ1v) is 10.5. The number of benzene rings is 2. The molecule has 0 atom stereocenters. The Kier molecular flexibility index (Phi) is 6.41. The van der Waals surface area contributed by atoms with Crippen molar-refractivity contribution in [1.82, 2.24) is 4.57 Å². The third-order valence-corrected chi connectivity index (χ3v) is 6.14. The number of phenols is 1. The van der Waals surface area contributed by atoms with Crippen molar-refractivity contribution < 1.29 is 9.84 Å². The molecule has 8 heteroatoms. The number of phenolic OH excluding ortho intramolecular Hbond substituents is 1. The van der Waals surface area contributed by atoms with Crippen molar-refractivity contribution >= 4 is 38.9 Å². The highest BCUT2D eigenvalue weighted by atomic mass is 79.9. The largest absolute Gasteiger partial charge is 0.503 e. The molecule has 0 aliphatic rings. The molecular formula is C22H16BrN3O3S. The Bertz CT molecular complexity index is 1370. The van der Waals surface area contributed by atoms with Gasteiger partial charge in [0.2, 0.25) is 0 Å². The number of nitriles is 2. The molecule has 3 aromatic rings. The highest BCUT2D eigenvalue weighted by Crippen LogP contribution is 2.35. The summed E-state index contributed by atoms with van der Waals surface area (Å²) in [5, 5.41) is 28.9. The van der Waals surface area contributed by atoms with Crippen LogP contribution in [-0.4, -0.2) is 16.8 Å². The summed E-state index contributed by atoms with van der Waals surface area (Å²) in [6.45, 7) is 1.97. The predicted octanol–water partition coefficient (Wildman–Crippen LogP) is 2.96. The highest BCUT2D eigenvalue weighted by Gasteiger charge is 2.14. The molecule has 1 aromatic heterocycles. The van der Waals surface area contributed by atoms with Crippen molar-refractivity contribution in [2.24, 2.45) is 0 Å². The number of ether oxygens (including phenoxy) is 1. The number of hydrogen-bond donors (Lipinski definition) is 1. The minimum Gasteiger partial charge on any atom is -0.503 e. The van der Waals surface area contributed by atoms with Gasteiger partial charge in [-0.05, 0) is 57.8 Å². The van der Waals surface area contributed by atoms with E-state index in [-0.39, 0.29) is 27.3 Å². The van der Waals surface area contributed by atoms with Crippen LogP contribution in [0.15, 0.2) is 45.7 Å². The fourth-order valence-electron chi connectivity index (χ4n) is 3.00. The average Bonchev–Trinajstić information content (AvgIpc) is 3.07. The zero-order valence-electron chi connectivity index (χ0n) is 16.1. The van der Waals surface area contributed by atoms with E-state index in [4.69, 9.17) is 4.74 Å². The lowest BCUT2D eigenvalue weighted by atomic mass is 10.1. The first-order valence-electron chi connectivity index (χ1n) is 8.88. The molecule has 2 aromatic carbocycles. The highest BCUT2D eigenvalue weighted by molar-refractivity contribution is 9.10. The lowest BCUT2D eigenvalue weighted by Gasteiger charge is -2.08. The van der Waals surface area contributed by atoms with E-state index in [1.54, 1.807) is 24.3 Å². The molecule has 0 fully saturated rings. The van der Waals surface area contributed by atoms with Gasteiger partial charge in [-0.1, -0.05) is 25.1 Å². The molecule has 0 bridgehead atoms. The Balaban J connectivity index is 2.42. The van der Waals surface area contributed by atoms with Gasteiger partial charge in [0.05, 0.1) is 21.8 Å². The topological polar surface area (TPSA) is 99.0 Å². The van der Waals surface area contributed by atoms with Gasteiger partial charge in [-0.25, -0.2) is 0 Å². The number of nitrogens with zero attached hydrogens (tertiary/aromatic N) is 3. The van der Waals surface area contributed by atoms with Gasteiger partial charge in [0.25, 0.3) is 5.56 Å². The van der Waals surface area contributed by atoms with Crippen molar-refractivity contribution in [3.05, 3.63) is 71.5 Å². The molecule has 0 radical (unpaired) electrons. The van der Waals surface area contributed by atoms with Crippen molar-refractivity contribution in [3.8, 4) is 29.3 Å². The van der Waals surface area contributed by atoms with E-state index >= 15 is 0 Å². The number of aromatic hydroxyl groups is 1. The quantitative estimate of drug-likeness (QED) is 0.617. The van der Waals surface area contributed by atoms with Gasteiger partial charge in [0.15, 0.2) is 17.1 Å². The van der Waals surface area contributed by atoms with E-state index in [2.05, 4.69) is 15.9 Å². The maximum atomic E-state index is 13.3. The SMILES string of the molecule is CCc1ccccc1-n1c(=C(C#N)C#N)s/c(=C/c2cc(Br)c(O)c(OC)c2)c1=O. The summed E-state index contributed by atoms with van der Waals surface area (Å²) >= 11 is 4.34. The third-order valence-electron chi connectivity index (χ3n) is 4.44. The molecule has 30 heavy (non-hydrogen) atoms. The van der Waals surface area contributed by atoms with Gasteiger partial charge in [0, 0.05) is 0 Å². The summed E-state index contributed by atoms with van der Waals surface area (Å²) in [4.78, 5) is 13.3. The molecule has 0 amide bonds. The maximum absolute atomic E-state index is 13.3. The minimum absolute atomic E-state index is 0.0413. The average molecular weight is 482 g/mol. The van der Waals surface area contributed by atoms with Crippen LogP contribution in [-0.2, 0) is 6.42 Å². The number of aryl methyl sites for hydroxylation is 1. The summed E-state index contributed by atoms with van der Waals surface area (Å²) in [6, 6.07) is 14.4. The summed E-state index contributed by atoms with van der Waals surface area (Å²) < 4.78 is 7.63. The lowest BCUT2D eigenvalue weighted by molar-refractivity contribution is 0.372. The number of thiazole rings is 1. The number of rotatable bonds is 4. The van der Waals surface area contributed by atoms with Crippen LogP contribution in [0.25, 0.3) is 17.3 Å². The van der Waals surface area contributed by atoms with Crippen LogP contribution in [0.2, 0.25) is 0 Å². The Morgan fingerprint density at radius 1 is 1.30 bits per heavy atom. The molecular weight excluding hydrogens is 466 g/mol. The molecule has 0 unspecified atom stereocenters. The Morgan fingerprint density at radius 3 is 2.63 bits per heavy atom. The van der Waals surface area contributed by atoms with Crippen LogP contribution in [0.1, 0.15) is 18.1 Å². The molecule has 0 saturated carbocycles. The normalized spacial score (nSPS) is 11.0. The third kappa shape index (κ3) is 3.88.